The first-order valence-electron chi connectivity index (χ1n) is 6.97. The van der Waals surface area contributed by atoms with Crippen molar-refractivity contribution in [2.75, 3.05) is 6.54 Å². The van der Waals surface area contributed by atoms with Crippen LogP contribution < -0.4 is 16.4 Å². The molecule has 5 N–H and O–H groups in total. The van der Waals surface area contributed by atoms with Gasteiger partial charge < -0.3 is 20.9 Å². The molecule has 0 saturated heterocycles. The highest BCUT2D eigenvalue weighted by Crippen LogP contribution is 2.06. The molecule has 1 atom stereocenters. The molecular weight excluding hydrogens is 288 g/mol. The molecule has 0 spiro atoms. The van der Waals surface area contributed by atoms with Gasteiger partial charge in [0.25, 0.3) is 0 Å². The van der Waals surface area contributed by atoms with E-state index in [0.717, 1.165) is 6.42 Å². The van der Waals surface area contributed by atoms with E-state index < -0.39 is 22.6 Å². The van der Waals surface area contributed by atoms with E-state index in [4.69, 9.17) is 15.9 Å². The fourth-order valence-electron chi connectivity index (χ4n) is 1.43. The zero-order chi connectivity index (χ0) is 16.0. The van der Waals surface area contributed by atoms with E-state index in [0.29, 0.717) is 18.9 Å². The number of hydrogen-bond acceptors (Lipinski definition) is 4. The number of nitrogens with zero attached hydrogens (tertiary/aromatic N) is 1. The van der Waals surface area contributed by atoms with Gasteiger partial charge in [-0.1, -0.05) is 19.6 Å². The third kappa shape index (κ3) is 11.0. The van der Waals surface area contributed by atoms with Crippen molar-refractivity contribution >= 4 is 28.5 Å². The predicted molar refractivity (Wildman–Crippen MR) is 89.6 cm³/mol. The minimum atomic E-state index is -1.86. The first-order valence-corrected chi connectivity index (χ1v) is 13.9. The molecule has 118 valence electrons. The molecule has 6 nitrogen and oxygen atoms in total. The summed E-state index contributed by atoms with van der Waals surface area (Å²) in [5, 5.41) is 0. The van der Waals surface area contributed by atoms with Crippen LogP contribution in [0.15, 0.2) is 4.99 Å². The van der Waals surface area contributed by atoms with Crippen molar-refractivity contribution in [1.82, 2.24) is 4.98 Å². The standard InChI is InChI=1S/C12H30N4O2Si2/c1-19(2,3)16-12(14)15-9-7-8-10(13)11(17)18-20(4,5)6/h10H,7-9,13H2,1-6H3,(H3,14,15,16). The number of carbonyl (C=O) groups excluding carboxylic acids is 1. The summed E-state index contributed by atoms with van der Waals surface area (Å²) in [6.07, 6.45) is 1.28. The number of nitrogens with two attached hydrogens (primary N) is 2. The first-order chi connectivity index (χ1) is 8.91. The lowest BCUT2D eigenvalue weighted by Gasteiger charge is -2.20. The van der Waals surface area contributed by atoms with Gasteiger partial charge in [-0.3, -0.25) is 9.79 Å². The molecule has 0 radical (unpaired) electrons. The Morgan fingerprint density at radius 1 is 1.25 bits per heavy atom. The second-order valence-electron chi connectivity index (χ2n) is 6.92. The van der Waals surface area contributed by atoms with Crippen molar-refractivity contribution in [2.45, 2.75) is 58.2 Å². The second kappa shape index (κ2) is 7.79. The van der Waals surface area contributed by atoms with Gasteiger partial charge >= 0.3 is 5.97 Å². The molecule has 0 heterocycles. The summed E-state index contributed by atoms with van der Waals surface area (Å²) in [5.74, 6) is 0.170. The Hall–Kier alpha value is -0.866. The van der Waals surface area contributed by atoms with E-state index in [1.54, 1.807) is 0 Å². The summed E-state index contributed by atoms with van der Waals surface area (Å²) in [7, 11) is -3.30. The van der Waals surface area contributed by atoms with Gasteiger partial charge in [-0.2, -0.15) is 0 Å². The summed E-state index contributed by atoms with van der Waals surface area (Å²) >= 11 is 0. The fourth-order valence-corrected chi connectivity index (χ4v) is 3.03. The third-order valence-corrected chi connectivity index (χ3v) is 3.99. The van der Waals surface area contributed by atoms with Gasteiger partial charge in [-0.05, 0) is 32.5 Å². The van der Waals surface area contributed by atoms with Crippen LogP contribution in [-0.4, -0.2) is 41.1 Å². The highest BCUT2D eigenvalue weighted by Gasteiger charge is 2.23. The summed E-state index contributed by atoms with van der Waals surface area (Å²) < 4.78 is 5.35. The predicted octanol–water partition coefficient (Wildman–Crippen LogP) is 1.21. The van der Waals surface area contributed by atoms with Crippen molar-refractivity contribution < 1.29 is 9.22 Å². The molecule has 0 aliphatic carbocycles. The molecule has 0 saturated carbocycles. The summed E-state index contributed by atoms with van der Waals surface area (Å²) in [6.45, 7) is 12.9. The first kappa shape index (κ1) is 19.1. The van der Waals surface area contributed by atoms with Gasteiger partial charge in [0.1, 0.15) is 14.3 Å². The number of nitrogens with one attached hydrogen (secondary N) is 1. The minimum absolute atomic E-state index is 0.304. The van der Waals surface area contributed by atoms with E-state index in [2.05, 4.69) is 29.6 Å². The lowest BCUT2D eigenvalue weighted by atomic mass is 10.2. The molecule has 0 aliphatic rings. The van der Waals surface area contributed by atoms with E-state index in [1.807, 2.05) is 19.6 Å². The molecule has 0 aromatic carbocycles. The van der Waals surface area contributed by atoms with Crippen LogP contribution in [0.1, 0.15) is 12.8 Å². The maximum absolute atomic E-state index is 11.7. The molecule has 0 aromatic heterocycles. The molecule has 0 bridgehead atoms. The Labute approximate surface area is 124 Å². The number of rotatable bonds is 7. The molecule has 1 unspecified atom stereocenters. The van der Waals surface area contributed by atoms with Gasteiger partial charge in [-0.15, -0.1) is 0 Å². The zero-order valence-electron chi connectivity index (χ0n) is 13.6. The summed E-state index contributed by atoms with van der Waals surface area (Å²) in [5.41, 5.74) is 11.6. The highest BCUT2D eigenvalue weighted by molar-refractivity contribution is 6.75. The molecule has 0 aromatic rings. The van der Waals surface area contributed by atoms with Crippen LogP contribution in [0.4, 0.5) is 0 Å². The largest absolute Gasteiger partial charge is 0.519 e. The van der Waals surface area contributed by atoms with Gasteiger partial charge in [0, 0.05) is 6.54 Å². The highest BCUT2D eigenvalue weighted by atomic mass is 28.4. The maximum Gasteiger partial charge on any atom is 0.309 e. The third-order valence-electron chi connectivity index (χ3n) is 2.17. The van der Waals surface area contributed by atoms with E-state index in [9.17, 15) is 4.79 Å². The van der Waals surface area contributed by atoms with Crippen LogP contribution in [0, 0.1) is 0 Å². The smallest absolute Gasteiger partial charge is 0.309 e. The van der Waals surface area contributed by atoms with Crippen LogP contribution in [0.5, 0.6) is 0 Å². The molecular formula is C12H30N4O2Si2. The maximum atomic E-state index is 11.7. The van der Waals surface area contributed by atoms with Crippen molar-refractivity contribution in [2.24, 2.45) is 16.5 Å². The molecule has 0 amide bonds. The Morgan fingerprint density at radius 3 is 2.25 bits per heavy atom. The van der Waals surface area contributed by atoms with Crippen molar-refractivity contribution in [3.8, 4) is 0 Å². The van der Waals surface area contributed by atoms with Crippen LogP contribution in [0.2, 0.25) is 39.3 Å². The number of guanidine groups is 1. The number of hydrogen-bond donors (Lipinski definition) is 3. The lowest BCUT2D eigenvalue weighted by molar-refractivity contribution is -0.136. The van der Waals surface area contributed by atoms with Crippen LogP contribution in [0.25, 0.3) is 0 Å². The number of aliphatic imine (C=N–C) groups is 1. The number of carbonyl (C=O) groups is 1. The van der Waals surface area contributed by atoms with Crippen LogP contribution in [-0.2, 0) is 9.22 Å². The fraction of sp³-hybridized carbons (Fsp3) is 0.833. The SMILES string of the molecule is C[Si](C)(C)NC(N)=NCCCC(N)C(=O)O[Si](C)(C)C. The van der Waals surface area contributed by atoms with Gasteiger partial charge in [-0.25, -0.2) is 0 Å². The Morgan fingerprint density at radius 2 is 1.80 bits per heavy atom. The van der Waals surface area contributed by atoms with Crippen molar-refractivity contribution in [3.63, 3.8) is 0 Å². The average molecular weight is 319 g/mol. The molecule has 0 fully saturated rings. The van der Waals surface area contributed by atoms with Crippen LogP contribution >= 0.6 is 0 Å². The van der Waals surface area contributed by atoms with Gasteiger partial charge in [0.15, 0.2) is 5.96 Å². The second-order valence-corrected chi connectivity index (χ2v) is 16.1. The lowest BCUT2D eigenvalue weighted by Crippen LogP contribution is -2.49. The van der Waals surface area contributed by atoms with Crippen molar-refractivity contribution in [3.05, 3.63) is 0 Å². The van der Waals surface area contributed by atoms with E-state index in [-0.39, 0.29) is 5.97 Å². The Balaban J connectivity index is 4.01. The normalized spacial score (nSPS) is 14.8. The van der Waals surface area contributed by atoms with Crippen molar-refractivity contribution in [1.29, 1.82) is 0 Å². The summed E-state index contributed by atoms with van der Waals surface area (Å²) in [6, 6.07) is -0.567. The molecule has 0 aliphatic heterocycles. The Bertz CT molecular complexity index is 348. The minimum Gasteiger partial charge on any atom is -0.519 e. The monoisotopic (exact) mass is 318 g/mol. The molecule has 0 rings (SSSR count). The zero-order valence-corrected chi connectivity index (χ0v) is 15.6. The van der Waals surface area contributed by atoms with E-state index in [1.165, 1.54) is 0 Å². The topological polar surface area (TPSA) is 103 Å². The molecule has 8 heteroatoms. The molecule has 20 heavy (non-hydrogen) atoms. The quantitative estimate of drug-likeness (QED) is 0.283. The average Bonchev–Trinajstić information content (AvgIpc) is 2.18. The van der Waals surface area contributed by atoms with Gasteiger partial charge in [0.2, 0.25) is 8.32 Å². The van der Waals surface area contributed by atoms with E-state index >= 15 is 0 Å². The van der Waals surface area contributed by atoms with Crippen LogP contribution in [0.3, 0.4) is 0 Å². The van der Waals surface area contributed by atoms with Gasteiger partial charge in [0.05, 0.1) is 0 Å². The Kier molecular flexibility index (Phi) is 7.46. The summed E-state index contributed by atoms with van der Waals surface area (Å²) in [4.78, 5) is 19.1.